The van der Waals surface area contributed by atoms with Gasteiger partial charge in [0.05, 0.1) is 26.3 Å². The van der Waals surface area contributed by atoms with Crippen LogP contribution in [0, 0.1) is 11.3 Å². The molecule has 0 amide bonds. The Morgan fingerprint density at radius 1 is 1.36 bits per heavy atom. The van der Waals surface area contributed by atoms with Gasteiger partial charge in [0.2, 0.25) is 0 Å². The zero-order valence-electron chi connectivity index (χ0n) is 8.40. The van der Waals surface area contributed by atoms with Crippen LogP contribution in [0.2, 0.25) is 0 Å². The topological polar surface area (TPSA) is 56.6 Å². The molecule has 0 aromatic heterocycles. The van der Waals surface area contributed by atoms with E-state index >= 15 is 0 Å². The third kappa shape index (κ3) is 3.32. The maximum atomic E-state index is 11.0. The van der Waals surface area contributed by atoms with Gasteiger partial charge in [-0.25, -0.2) is 0 Å². The Hall–Kier alpha value is -1.12. The van der Waals surface area contributed by atoms with Gasteiger partial charge in [-0.2, -0.15) is 5.26 Å². The van der Waals surface area contributed by atoms with Crippen LogP contribution in [0.15, 0.2) is 0 Å². The third-order valence-corrected chi connectivity index (χ3v) is 2.34. The van der Waals surface area contributed by atoms with E-state index in [-0.39, 0.29) is 5.97 Å². The Kier molecular flexibility index (Phi) is 4.36. The highest BCUT2D eigenvalue weighted by Crippen LogP contribution is 2.00. The highest BCUT2D eigenvalue weighted by atomic mass is 16.5. The number of nitriles is 1. The van der Waals surface area contributed by atoms with E-state index in [9.17, 15) is 4.79 Å². The molecule has 0 spiro atoms. The molecule has 0 aliphatic carbocycles. The minimum Gasteiger partial charge on any atom is -0.468 e. The van der Waals surface area contributed by atoms with Crippen molar-refractivity contribution < 1.29 is 9.53 Å². The minimum absolute atomic E-state index is 0.196. The smallest absolute Gasteiger partial charge is 0.319 e. The molecule has 0 aromatic carbocycles. The van der Waals surface area contributed by atoms with Crippen molar-refractivity contribution in [2.75, 3.05) is 46.4 Å². The van der Waals surface area contributed by atoms with Gasteiger partial charge in [-0.3, -0.25) is 14.6 Å². The number of esters is 1. The number of carbonyl (C=O) groups excluding carboxylic acids is 1. The summed E-state index contributed by atoms with van der Waals surface area (Å²) in [6.07, 6.45) is 0. The van der Waals surface area contributed by atoms with Gasteiger partial charge in [-0.1, -0.05) is 0 Å². The molecule has 0 N–H and O–H groups in total. The number of carbonyl (C=O) groups is 1. The van der Waals surface area contributed by atoms with Crippen molar-refractivity contribution in [1.82, 2.24) is 9.80 Å². The van der Waals surface area contributed by atoms with Crippen LogP contribution in [-0.2, 0) is 9.53 Å². The van der Waals surface area contributed by atoms with Crippen LogP contribution in [-0.4, -0.2) is 62.1 Å². The molecule has 14 heavy (non-hydrogen) atoms. The maximum Gasteiger partial charge on any atom is 0.319 e. The average molecular weight is 197 g/mol. The molecule has 1 aliphatic heterocycles. The van der Waals surface area contributed by atoms with Crippen LogP contribution in [0.1, 0.15) is 0 Å². The lowest BCUT2D eigenvalue weighted by Gasteiger charge is -2.32. The largest absolute Gasteiger partial charge is 0.468 e. The van der Waals surface area contributed by atoms with Gasteiger partial charge < -0.3 is 4.74 Å². The Balaban J connectivity index is 2.22. The molecule has 0 radical (unpaired) electrons. The highest BCUT2D eigenvalue weighted by molar-refractivity contribution is 5.71. The third-order valence-electron chi connectivity index (χ3n) is 2.34. The lowest BCUT2D eigenvalue weighted by atomic mass is 10.3. The second-order valence-electron chi connectivity index (χ2n) is 3.29. The summed E-state index contributed by atoms with van der Waals surface area (Å²) in [5.41, 5.74) is 0. The molecular weight excluding hydrogens is 182 g/mol. The van der Waals surface area contributed by atoms with Crippen LogP contribution in [0.4, 0.5) is 0 Å². The first kappa shape index (κ1) is 11.0. The van der Waals surface area contributed by atoms with Crippen molar-refractivity contribution in [3.8, 4) is 6.07 Å². The molecule has 1 aliphatic rings. The summed E-state index contributed by atoms with van der Waals surface area (Å²) < 4.78 is 4.58. The fraction of sp³-hybridized carbons (Fsp3) is 0.778. The van der Waals surface area contributed by atoms with E-state index in [2.05, 4.69) is 15.7 Å². The average Bonchev–Trinajstić information content (AvgIpc) is 2.21. The predicted octanol–water partition coefficient (Wildman–Crippen LogP) is -0.699. The van der Waals surface area contributed by atoms with Crippen molar-refractivity contribution in [2.45, 2.75) is 0 Å². The van der Waals surface area contributed by atoms with Crippen LogP contribution in [0.25, 0.3) is 0 Å². The van der Waals surface area contributed by atoms with Crippen LogP contribution in [0.3, 0.4) is 0 Å². The second-order valence-corrected chi connectivity index (χ2v) is 3.29. The van der Waals surface area contributed by atoms with Gasteiger partial charge in [0, 0.05) is 26.2 Å². The number of nitrogens with zero attached hydrogens (tertiary/aromatic N) is 3. The maximum absolute atomic E-state index is 11.0. The van der Waals surface area contributed by atoms with E-state index < -0.39 is 0 Å². The van der Waals surface area contributed by atoms with E-state index in [1.165, 1.54) is 7.11 Å². The summed E-state index contributed by atoms with van der Waals surface area (Å²) in [5.74, 6) is -0.196. The lowest BCUT2D eigenvalue weighted by Crippen LogP contribution is -2.48. The standard InChI is InChI=1S/C9H15N3O2/c1-14-9(13)8-12-6-4-11(3-2-10)5-7-12/h3-8H2,1H3. The van der Waals surface area contributed by atoms with Crippen molar-refractivity contribution in [3.63, 3.8) is 0 Å². The molecule has 1 saturated heterocycles. The Morgan fingerprint density at radius 3 is 2.43 bits per heavy atom. The monoisotopic (exact) mass is 197 g/mol. The van der Waals surface area contributed by atoms with Crippen LogP contribution in [0.5, 0.6) is 0 Å². The summed E-state index contributed by atoms with van der Waals surface area (Å²) >= 11 is 0. The van der Waals surface area contributed by atoms with Gasteiger partial charge in [0.25, 0.3) is 0 Å². The van der Waals surface area contributed by atoms with Gasteiger partial charge in [-0.05, 0) is 0 Å². The van der Waals surface area contributed by atoms with Gasteiger partial charge >= 0.3 is 5.97 Å². The van der Waals surface area contributed by atoms with Crippen LogP contribution < -0.4 is 0 Å². The van der Waals surface area contributed by atoms with Gasteiger partial charge in [0.1, 0.15) is 0 Å². The molecule has 5 nitrogen and oxygen atoms in total. The molecule has 0 saturated carbocycles. The molecule has 78 valence electrons. The highest BCUT2D eigenvalue weighted by Gasteiger charge is 2.18. The van der Waals surface area contributed by atoms with Gasteiger partial charge in [0.15, 0.2) is 0 Å². The zero-order valence-corrected chi connectivity index (χ0v) is 8.40. The minimum atomic E-state index is -0.196. The number of methoxy groups -OCH3 is 1. The molecular formula is C9H15N3O2. The van der Waals surface area contributed by atoms with Crippen LogP contribution >= 0.6 is 0 Å². The molecule has 0 unspecified atom stereocenters. The summed E-state index contributed by atoms with van der Waals surface area (Å²) in [4.78, 5) is 15.1. The van der Waals surface area contributed by atoms with E-state index in [0.717, 1.165) is 26.2 Å². The fourth-order valence-corrected chi connectivity index (χ4v) is 1.45. The number of hydrogen-bond acceptors (Lipinski definition) is 5. The summed E-state index contributed by atoms with van der Waals surface area (Å²) in [7, 11) is 1.40. The first-order chi connectivity index (χ1) is 6.76. The Labute approximate surface area is 83.8 Å². The van der Waals surface area contributed by atoms with Crippen molar-refractivity contribution in [1.29, 1.82) is 5.26 Å². The SMILES string of the molecule is COC(=O)CN1CCN(CC#N)CC1. The van der Waals surface area contributed by atoms with Crippen molar-refractivity contribution in [3.05, 3.63) is 0 Å². The second kappa shape index (κ2) is 5.58. The first-order valence-corrected chi connectivity index (χ1v) is 4.64. The Bertz CT molecular complexity index is 229. The number of hydrogen-bond donors (Lipinski definition) is 0. The summed E-state index contributed by atoms with van der Waals surface area (Å²) in [6.45, 7) is 4.20. The van der Waals surface area contributed by atoms with E-state index in [1.54, 1.807) is 0 Å². The van der Waals surface area contributed by atoms with Crippen molar-refractivity contribution >= 4 is 5.97 Å². The molecule has 1 rings (SSSR count). The van der Waals surface area contributed by atoms with E-state index in [1.807, 2.05) is 4.90 Å². The number of piperazine rings is 1. The fourth-order valence-electron chi connectivity index (χ4n) is 1.45. The summed E-state index contributed by atoms with van der Waals surface area (Å²) in [6, 6.07) is 2.12. The van der Waals surface area contributed by atoms with Crippen molar-refractivity contribution in [2.24, 2.45) is 0 Å². The first-order valence-electron chi connectivity index (χ1n) is 4.64. The normalized spacial score (nSPS) is 18.9. The zero-order chi connectivity index (χ0) is 10.4. The predicted molar refractivity (Wildman–Crippen MR) is 50.5 cm³/mol. The Morgan fingerprint density at radius 2 is 1.93 bits per heavy atom. The van der Waals surface area contributed by atoms with Gasteiger partial charge in [-0.15, -0.1) is 0 Å². The molecule has 5 heteroatoms. The number of ether oxygens (including phenoxy) is 1. The molecule has 1 fully saturated rings. The summed E-state index contributed by atoms with van der Waals surface area (Å²) in [5, 5.41) is 8.49. The quantitative estimate of drug-likeness (QED) is 0.442. The van der Waals surface area contributed by atoms with E-state index in [0.29, 0.717) is 13.1 Å². The molecule has 0 atom stereocenters. The van der Waals surface area contributed by atoms with E-state index in [4.69, 9.17) is 5.26 Å². The number of rotatable bonds is 3. The molecule has 0 aromatic rings. The lowest BCUT2D eigenvalue weighted by molar-refractivity contribution is -0.142. The molecule has 0 bridgehead atoms. The molecule has 1 heterocycles.